The molecule has 0 unspecified atom stereocenters. The molecule has 0 aromatic carbocycles. The molecule has 2 amide bonds. The van der Waals surface area contributed by atoms with Crippen LogP contribution in [0.4, 0.5) is 10.1 Å². The molecule has 2 aromatic heterocycles. The van der Waals surface area contributed by atoms with Crippen molar-refractivity contribution in [2.75, 3.05) is 18.4 Å². The van der Waals surface area contributed by atoms with Crippen LogP contribution < -0.4 is 5.32 Å². The lowest BCUT2D eigenvalue weighted by Crippen LogP contribution is -2.41. The number of aromatic nitrogens is 2. The lowest BCUT2D eigenvalue weighted by molar-refractivity contribution is -0.380. The Morgan fingerprint density at radius 1 is 1.17 bits per heavy atom. The highest BCUT2D eigenvalue weighted by Gasteiger charge is 2.30. The van der Waals surface area contributed by atoms with E-state index in [0.29, 0.717) is 5.91 Å². The Morgan fingerprint density at radius 3 is 2.57 bits per heavy atom. The summed E-state index contributed by atoms with van der Waals surface area (Å²) in [5.74, 6) is 0.330. The molecule has 0 radical (unpaired) electrons. The van der Waals surface area contributed by atoms with E-state index in [1.165, 1.54) is 17.8 Å². The zero-order valence-corrected chi connectivity index (χ0v) is 18.0. The molecule has 9 nitrogen and oxygen atoms in total. The first-order chi connectivity index (χ1) is 14.5. The molecule has 160 valence electrons. The van der Waals surface area contributed by atoms with Gasteiger partial charge in [-0.15, -0.1) is 11.3 Å². The van der Waals surface area contributed by atoms with Gasteiger partial charge in [-0.2, -0.15) is 0 Å². The van der Waals surface area contributed by atoms with E-state index in [1.54, 1.807) is 5.38 Å². The van der Waals surface area contributed by atoms with Crippen LogP contribution in [-0.2, 0) is 4.79 Å². The van der Waals surface area contributed by atoms with Gasteiger partial charge in [0.1, 0.15) is 11.9 Å². The predicted molar refractivity (Wildman–Crippen MR) is 114 cm³/mol. The number of likely N-dealkylation sites (tertiary alicyclic amines) is 1. The van der Waals surface area contributed by atoms with Gasteiger partial charge in [-0.25, -0.2) is 9.97 Å². The van der Waals surface area contributed by atoms with E-state index in [9.17, 15) is 19.7 Å². The van der Waals surface area contributed by atoms with E-state index in [0.717, 1.165) is 74.2 Å². The van der Waals surface area contributed by atoms with E-state index < -0.39 is 10.8 Å². The van der Waals surface area contributed by atoms with Gasteiger partial charge in [-0.05, 0) is 37.0 Å². The molecule has 1 N–H and O–H groups in total. The maximum absolute atomic E-state index is 12.7. The van der Waals surface area contributed by atoms with Crippen LogP contribution in [0.3, 0.4) is 0 Å². The Morgan fingerprint density at radius 2 is 1.90 bits per heavy atom. The number of hydrogen-bond donors (Lipinski definition) is 1. The standard InChI is InChI=1S/C19H23N5O4S2/c25-16(22-19-20-10-15(30-19)24(27)28)14-11-29-17(21-14)12-6-8-23(9-7-12)18(26)13-4-2-1-3-5-13/h10-13H,1-9H2,(H,20,22,25). The number of amides is 2. The van der Waals surface area contributed by atoms with E-state index >= 15 is 0 Å². The van der Waals surface area contributed by atoms with Crippen molar-refractivity contribution in [2.24, 2.45) is 5.92 Å². The minimum atomic E-state index is -0.542. The Bertz CT molecular complexity index is 929. The maximum atomic E-state index is 12.7. The fraction of sp³-hybridized carbons (Fsp3) is 0.579. The molecule has 1 aliphatic carbocycles. The highest BCUT2D eigenvalue weighted by atomic mass is 32.1. The van der Waals surface area contributed by atoms with Crippen molar-refractivity contribution in [2.45, 2.75) is 50.9 Å². The lowest BCUT2D eigenvalue weighted by Gasteiger charge is -2.34. The van der Waals surface area contributed by atoms with Crippen LogP contribution in [0.2, 0.25) is 0 Å². The third-order valence-corrected chi connectivity index (χ3v) is 7.63. The molecule has 0 spiro atoms. The van der Waals surface area contributed by atoms with Gasteiger partial charge < -0.3 is 4.90 Å². The van der Waals surface area contributed by atoms with Crippen molar-refractivity contribution in [3.63, 3.8) is 0 Å². The number of nitrogens with one attached hydrogen (secondary N) is 1. The molecule has 30 heavy (non-hydrogen) atoms. The lowest BCUT2D eigenvalue weighted by atomic mass is 9.87. The van der Waals surface area contributed by atoms with E-state index in [1.807, 2.05) is 4.90 Å². The van der Waals surface area contributed by atoms with Gasteiger partial charge in [-0.1, -0.05) is 19.3 Å². The number of rotatable bonds is 5. The van der Waals surface area contributed by atoms with Crippen molar-refractivity contribution in [1.82, 2.24) is 14.9 Å². The second-order valence-corrected chi connectivity index (χ2v) is 9.62. The molecule has 1 saturated carbocycles. The number of hydrogen-bond acceptors (Lipinski definition) is 8. The number of carbonyl (C=O) groups is 2. The molecule has 4 rings (SSSR count). The van der Waals surface area contributed by atoms with Crippen molar-refractivity contribution >= 4 is 44.6 Å². The minimum Gasteiger partial charge on any atom is -0.342 e. The van der Waals surface area contributed by atoms with Crippen LogP contribution in [0.5, 0.6) is 0 Å². The number of thiazole rings is 2. The van der Waals surface area contributed by atoms with E-state index in [2.05, 4.69) is 15.3 Å². The van der Waals surface area contributed by atoms with Gasteiger partial charge in [0.25, 0.3) is 5.91 Å². The van der Waals surface area contributed by atoms with Crippen LogP contribution in [0.15, 0.2) is 11.6 Å². The first-order valence-electron chi connectivity index (χ1n) is 10.2. The third kappa shape index (κ3) is 4.67. The first-order valence-corrected chi connectivity index (χ1v) is 11.9. The SMILES string of the molecule is O=C(Nc1ncc([N+](=O)[O-])s1)c1csc(C2CCN(C(=O)C3CCCCC3)CC2)n1. The van der Waals surface area contributed by atoms with Crippen molar-refractivity contribution < 1.29 is 14.5 Å². The van der Waals surface area contributed by atoms with Gasteiger partial charge in [0.05, 0.1) is 9.93 Å². The minimum absolute atomic E-state index is 0.126. The summed E-state index contributed by atoms with van der Waals surface area (Å²) in [5, 5.41) is 15.9. The summed E-state index contributed by atoms with van der Waals surface area (Å²) in [6.45, 7) is 1.48. The zero-order valence-electron chi connectivity index (χ0n) is 16.4. The summed E-state index contributed by atoms with van der Waals surface area (Å²) < 4.78 is 0. The van der Waals surface area contributed by atoms with Gasteiger partial charge >= 0.3 is 5.00 Å². The van der Waals surface area contributed by atoms with Gasteiger partial charge in [-0.3, -0.25) is 25.0 Å². The number of carbonyl (C=O) groups excluding carboxylic acids is 2. The van der Waals surface area contributed by atoms with Crippen LogP contribution >= 0.6 is 22.7 Å². The summed E-state index contributed by atoms with van der Waals surface area (Å²) in [6, 6.07) is 0. The third-order valence-electron chi connectivity index (χ3n) is 5.76. The van der Waals surface area contributed by atoms with E-state index in [4.69, 9.17) is 0 Å². The quantitative estimate of drug-likeness (QED) is 0.543. The van der Waals surface area contributed by atoms with Crippen LogP contribution in [-0.4, -0.2) is 44.7 Å². The fourth-order valence-corrected chi connectivity index (χ4v) is 5.70. The second kappa shape index (κ2) is 9.17. The molecule has 1 aliphatic heterocycles. The molecule has 2 aliphatic rings. The molecule has 0 atom stereocenters. The summed E-state index contributed by atoms with van der Waals surface area (Å²) in [4.78, 5) is 45.6. The Kier molecular flexibility index (Phi) is 6.38. The molecule has 3 heterocycles. The summed E-state index contributed by atoms with van der Waals surface area (Å²) in [6.07, 6.45) is 8.42. The monoisotopic (exact) mass is 449 g/mol. The number of anilines is 1. The van der Waals surface area contributed by atoms with Crippen LogP contribution in [0.1, 0.15) is 66.4 Å². The molecular weight excluding hydrogens is 426 g/mol. The molecule has 11 heteroatoms. The highest BCUT2D eigenvalue weighted by molar-refractivity contribution is 7.18. The largest absolute Gasteiger partial charge is 0.345 e. The Hall–Kier alpha value is -2.40. The summed E-state index contributed by atoms with van der Waals surface area (Å²) in [7, 11) is 0. The zero-order chi connectivity index (χ0) is 21.1. The molecule has 0 bridgehead atoms. The van der Waals surface area contributed by atoms with Crippen LogP contribution in [0.25, 0.3) is 0 Å². The molecule has 2 aromatic rings. The smallest absolute Gasteiger partial charge is 0.342 e. The number of nitro groups is 1. The number of nitrogens with zero attached hydrogens (tertiary/aromatic N) is 4. The van der Waals surface area contributed by atoms with E-state index in [-0.39, 0.29) is 27.7 Å². The summed E-state index contributed by atoms with van der Waals surface area (Å²) >= 11 is 2.25. The van der Waals surface area contributed by atoms with Gasteiger partial charge in [0.15, 0.2) is 5.13 Å². The van der Waals surface area contributed by atoms with Crippen LogP contribution in [0, 0.1) is 16.0 Å². The topological polar surface area (TPSA) is 118 Å². The number of piperidine rings is 1. The Balaban J connectivity index is 1.31. The molecule has 2 fully saturated rings. The average molecular weight is 450 g/mol. The normalized spacial score (nSPS) is 18.3. The van der Waals surface area contributed by atoms with Gasteiger partial charge in [0.2, 0.25) is 5.91 Å². The fourth-order valence-electron chi connectivity index (χ4n) is 4.10. The maximum Gasteiger partial charge on any atom is 0.345 e. The first kappa shape index (κ1) is 20.9. The van der Waals surface area contributed by atoms with Crippen molar-refractivity contribution in [1.29, 1.82) is 0 Å². The summed E-state index contributed by atoms with van der Waals surface area (Å²) in [5.41, 5.74) is 0.286. The molecular formula is C19H23N5O4S2. The highest BCUT2D eigenvalue weighted by Crippen LogP contribution is 2.33. The average Bonchev–Trinajstić information content (AvgIpc) is 3.44. The molecule has 1 saturated heterocycles. The second-order valence-electron chi connectivity index (χ2n) is 7.72. The predicted octanol–water partition coefficient (Wildman–Crippen LogP) is 4.05. The van der Waals surface area contributed by atoms with Crippen molar-refractivity contribution in [3.05, 3.63) is 32.4 Å². The Labute approximate surface area is 181 Å². The van der Waals surface area contributed by atoms with Crippen molar-refractivity contribution in [3.8, 4) is 0 Å². The van der Waals surface area contributed by atoms with Gasteiger partial charge in [0, 0.05) is 30.3 Å².